The van der Waals surface area contributed by atoms with Gasteiger partial charge in [-0.05, 0) is 49.6 Å². The van der Waals surface area contributed by atoms with Gasteiger partial charge in [-0.1, -0.05) is 43.7 Å². The minimum atomic E-state index is 0.277. The molecule has 3 rings (SSSR count). The SMILES string of the molecule is CCCC1C(C)=C(C)N(OC)N1c1ccccc1-c1ccc(C#N)cc1. The number of rotatable bonds is 5. The number of hydroxylamine groups is 1. The molecule has 4 heteroatoms. The Morgan fingerprint density at radius 3 is 2.38 bits per heavy atom. The van der Waals surface area contributed by atoms with E-state index in [1.807, 2.05) is 35.5 Å². The molecule has 0 saturated heterocycles. The van der Waals surface area contributed by atoms with Crippen molar-refractivity contribution < 1.29 is 4.84 Å². The smallest absolute Gasteiger partial charge is 0.0991 e. The minimum Gasteiger partial charge on any atom is -0.257 e. The lowest BCUT2D eigenvalue weighted by atomic mass is 9.99. The van der Waals surface area contributed by atoms with E-state index in [2.05, 4.69) is 50.0 Å². The highest BCUT2D eigenvalue weighted by molar-refractivity contribution is 5.79. The van der Waals surface area contributed by atoms with Crippen molar-refractivity contribution >= 4 is 5.69 Å². The summed E-state index contributed by atoms with van der Waals surface area (Å²) < 4.78 is 0. The molecule has 0 spiro atoms. The Labute approximate surface area is 155 Å². The number of hydrazine groups is 1. The molecule has 1 aliphatic heterocycles. The van der Waals surface area contributed by atoms with Crippen molar-refractivity contribution in [2.24, 2.45) is 0 Å². The molecule has 0 N–H and O–H groups in total. The van der Waals surface area contributed by atoms with Crippen LogP contribution in [-0.2, 0) is 4.84 Å². The molecule has 4 nitrogen and oxygen atoms in total. The molecule has 0 saturated carbocycles. The number of nitrogens with zero attached hydrogens (tertiary/aromatic N) is 3. The summed E-state index contributed by atoms with van der Waals surface area (Å²) in [5, 5.41) is 13.2. The van der Waals surface area contributed by atoms with Crippen molar-refractivity contribution in [2.45, 2.75) is 39.7 Å². The molecule has 1 aliphatic rings. The fraction of sp³-hybridized carbons (Fsp3) is 0.318. The van der Waals surface area contributed by atoms with Crippen molar-refractivity contribution in [3.63, 3.8) is 0 Å². The molecule has 26 heavy (non-hydrogen) atoms. The van der Waals surface area contributed by atoms with Crippen LogP contribution in [0.4, 0.5) is 5.69 Å². The fourth-order valence-electron chi connectivity index (χ4n) is 3.61. The van der Waals surface area contributed by atoms with Crippen LogP contribution in [0.3, 0.4) is 0 Å². The molecular formula is C22H25N3O. The van der Waals surface area contributed by atoms with Gasteiger partial charge >= 0.3 is 0 Å². The molecule has 0 radical (unpaired) electrons. The predicted molar refractivity (Wildman–Crippen MR) is 105 cm³/mol. The van der Waals surface area contributed by atoms with E-state index in [4.69, 9.17) is 10.1 Å². The Morgan fingerprint density at radius 1 is 1.08 bits per heavy atom. The third-order valence-corrected chi connectivity index (χ3v) is 5.06. The standard InChI is InChI=1S/C22H25N3O/c1-5-8-21-16(2)17(3)25(26-4)24(21)22-10-7-6-9-20(22)19-13-11-18(15-23)12-14-19/h6-7,9-14,21H,5,8H2,1-4H3. The van der Waals surface area contributed by atoms with Crippen molar-refractivity contribution in [1.29, 1.82) is 5.26 Å². The van der Waals surface area contributed by atoms with Gasteiger partial charge in [0.15, 0.2) is 0 Å². The first-order chi connectivity index (χ1) is 12.6. The van der Waals surface area contributed by atoms with E-state index in [1.54, 1.807) is 7.11 Å². The van der Waals surface area contributed by atoms with Crippen LogP contribution in [0.2, 0.25) is 0 Å². The Hall–Kier alpha value is -2.77. The van der Waals surface area contributed by atoms with Crippen LogP contribution < -0.4 is 5.01 Å². The second-order valence-corrected chi connectivity index (χ2v) is 6.58. The summed E-state index contributed by atoms with van der Waals surface area (Å²) >= 11 is 0. The van der Waals surface area contributed by atoms with Gasteiger partial charge in [0, 0.05) is 5.56 Å². The maximum absolute atomic E-state index is 9.06. The van der Waals surface area contributed by atoms with Gasteiger partial charge in [-0.3, -0.25) is 9.85 Å². The van der Waals surface area contributed by atoms with E-state index in [-0.39, 0.29) is 6.04 Å². The Morgan fingerprint density at radius 2 is 1.77 bits per heavy atom. The van der Waals surface area contributed by atoms with Crippen LogP contribution in [-0.4, -0.2) is 18.3 Å². The third-order valence-electron chi connectivity index (χ3n) is 5.06. The van der Waals surface area contributed by atoms with Gasteiger partial charge in [0.2, 0.25) is 0 Å². The number of allylic oxidation sites excluding steroid dienone is 1. The second-order valence-electron chi connectivity index (χ2n) is 6.58. The fourth-order valence-corrected chi connectivity index (χ4v) is 3.61. The Balaban J connectivity index is 2.09. The maximum atomic E-state index is 9.06. The second kappa shape index (κ2) is 7.63. The van der Waals surface area contributed by atoms with Crippen LogP contribution in [0.15, 0.2) is 59.8 Å². The first-order valence-electron chi connectivity index (χ1n) is 9.02. The van der Waals surface area contributed by atoms with E-state index in [9.17, 15) is 0 Å². The number of hydrogen-bond donors (Lipinski definition) is 0. The van der Waals surface area contributed by atoms with E-state index in [0.717, 1.165) is 35.4 Å². The van der Waals surface area contributed by atoms with E-state index in [0.29, 0.717) is 5.56 Å². The number of benzene rings is 2. The van der Waals surface area contributed by atoms with Crippen molar-refractivity contribution in [2.75, 3.05) is 12.1 Å². The molecule has 134 valence electrons. The minimum absolute atomic E-state index is 0.277. The molecule has 1 atom stereocenters. The molecule has 0 fully saturated rings. The van der Waals surface area contributed by atoms with E-state index in [1.165, 1.54) is 5.57 Å². The quantitative estimate of drug-likeness (QED) is 0.737. The first kappa shape index (κ1) is 18.0. The normalized spacial score (nSPS) is 17.0. The third kappa shape index (κ3) is 3.07. The number of hydrogen-bond acceptors (Lipinski definition) is 4. The molecular weight excluding hydrogens is 322 g/mol. The van der Waals surface area contributed by atoms with Gasteiger partial charge in [-0.15, -0.1) is 0 Å². The van der Waals surface area contributed by atoms with Gasteiger partial charge in [0.05, 0.1) is 36.2 Å². The summed E-state index contributed by atoms with van der Waals surface area (Å²) in [5.74, 6) is 0. The average Bonchev–Trinajstić information content (AvgIpc) is 2.92. The summed E-state index contributed by atoms with van der Waals surface area (Å²) in [5.41, 5.74) is 6.47. The monoisotopic (exact) mass is 347 g/mol. The lowest BCUT2D eigenvalue weighted by Gasteiger charge is -2.36. The zero-order chi connectivity index (χ0) is 18.7. The number of nitriles is 1. The maximum Gasteiger partial charge on any atom is 0.0991 e. The summed E-state index contributed by atoms with van der Waals surface area (Å²) in [6.07, 6.45) is 2.16. The van der Waals surface area contributed by atoms with Crippen molar-refractivity contribution in [3.05, 3.63) is 65.4 Å². The lowest BCUT2D eigenvalue weighted by molar-refractivity contribution is -0.105. The molecule has 2 aromatic carbocycles. The molecule has 1 heterocycles. The van der Waals surface area contributed by atoms with Crippen LogP contribution in [0, 0.1) is 11.3 Å². The number of para-hydroxylation sites is 1. The van der Waals surface area contributed by atoms with Crippen LogP contribution in [0.5, 0.6) is 0 Å². The zero-order valence-corrected chi connectivity index (χ0v) is 15.9. The molecule has 0 aromatic heterocycles. The zero-order valence-electron chi connectivity index (χ0n) is 15.9. The molecule has 2 aromatic rings. The molecule has 1 unspecified atom stereocenters. The molecule has 0 bridgehead atoms. The lowest BCUT2D eigenvalue weighted by Crippen LogP contribution is -2.42. The van der Waals surface area contributed by atoms with E-state index < -0.39 is 0 Å². The van der Waals surface area contributed by atoms with Gasteiger partial charge in [0.1, 0.15) is 0 Å². The average molecular weight is 347 g/mol. The highest BCUT2D eigenvalue weighted by Gasteiger charge is 2.36. The Bertz CT molecular complexity index is 848. The highest BCUT2D eigenvalue weighted by atomic mass is 16.7. The Kier molecular flexibility index (Phi) is 5.29. The molecule has 0 aliphatic carbocycles. The number of anilines is 1. The van der Waals surface area contributed by atoms with Crippen LogP contribution in [0.25, 0.3) is 11.1 Å². The van der Waals surface area contributed by atoms with Gasteiger partial charge in [0.25, 0.3) is 0 Å². The predicted octanol–water partition coefficient (Wildman–Crippen LogP) is 5.29. The van der Waals surface area contributed by atoms with Crippen LogP contribution in [0.1, 0.15) is 39.2 Å². The summed E-state index contributed by atoms with van der Waals surface area (Å²) in [6, 6.07) is 18.6. The van der Waals surface area contributed by atoms with Crippen molar-refractivity contribution in [3.8, 4) is 17.2 Å². The first-order valence-corrected chi connectivity index (χ1v) is 9.02. The van der Waals surface area contributed by atoms with Gasteiger partial charge in [-0.25, -0.2) is 0 Å². The van der Waals surface area contributed by atoms with E-state index >= 15 is 0 Å². The summed E-state index contributed by atoms with van der Waals surface area (Å²) in [6.45, 7) is 6.50. The highest BCUT2D eigenvalue weighted by Crippen LogP contribution is 2.40. The topological polar surface area (TPSA) is 39.5 Å². The van der Waals surface area contributed by atoms with Gasteiger partial charge in [-0.2, -0.15) is 10.4 Å². The van der Waals surface area contributed by atoms with Gasteiger partial charge < -0.3 is 0 Å². The van der Waals surface area contributed by atoms with Crippen molar-refractivity contribution in [1.82, 2.24) is 5.17 Å². The summed E-state index contributed by atoms with van der Waals surface area (Å²) in [7, 11) is 1.71. The largest absolute Gasteiger partial charge is 0.257 e. The summed E-state index contributed by atoms with van der Waals surface area (Å²) in [4.78, 5) is 5.72. The van der Waals surface area contributed by atoms with Crippen LogP contribution >= 0.6 is 0 Å². The molecule has 0 amide bonds.